The quantitative estimate of drug-likeness (QED) is 0.407. The van der Waals surface area contributed by atoms with Crippen LogP contribution in [0.5, 0.6) is 0 Å². The Bertz CT molecular complexity index is 103. The van der Waals surface area contributed by atoms with Gasteiger partial charge < -0.3 is 13.8 Å². The molecule has 4 heteroatoms. The van der Waals surface area contributed by atoms with Crippen LogP contribution in [0.2, 0.25) is 13.1 Å². The first-order chi connectivity index (χ1) is 6.74. The fourth-order valence-electron chi connectivity index (χ4n) is 0.340. The van der Waals surface area contributed by atoms with Crippen molar-refractivity contribution in [3.8, 4) is 0 Å². The van der Waals surface area contributed by atoms with Gasteiger partial charge in [-0.25, -0.2) is 12.2 Å². The fourth-order valence-corrected chi connectivity index (χ4v) is 0.340. The van der Waals surface area contributed by atoms with Crippen molar-refractivity contribution in [2.24, 2.45) is 0 Å². The largest absolute Gasteiger partial charge is 3.00 e. The monoisotopic (exact) mass is 372 g/mol. The first-order valence-electron chi connectivity index (χ1n) is 5.29. The Labute approximate surface area is 144 Å². The summed E-state index contributed by atoms with van der Waals surface area (Å²) in [5.74, 6) is 0. The smallest absolute Gasteiger partial charge is 0.344 e. The molecule has 1 aliphatic carbocycles. The molecule has 0 saturated heterocycles. The van der Waals surface area contributed by atoms with E-state index in [2.05, 4.69) is 39.1 Å². The minimum atomic E-state index is 0. The molecule has 0 aromatic rings. The van der Waals surface area contributed by atoms with Crippen LogP contribution < -0.4 is 0 Å². The van der Waals surface area contributed by atoms with E-state index in [0.717, 1.165) is 28.8 Å². The molecule has 102 valence electrons. The van der Waals surface area contributed by atoms with Gasteiger partial charge in [-0.3, -0.25) is 6.08 Å². The van der Waals surface area contributed by atoms with Gasteiger partial charge in [0.15, 0.2) is 0 Å². The van der Waals surface area contributed by atoms with E-state index in [1.165, 1.54) is 0 Å². The van der Waals surface area contributed by atoms with Crippen LogP contribution >= 0.6 is 24.8 Å². The third-order valence-corrected chi connectivity index (χ3v) is 0.586. The first-order valence-corrected chi connectivity index (χ1v) is 7.60. The predicted octanol–water partition coefficient (Wildman–Crippen LogP) is 5.13. The van der Waals surface area contributed by atoms with Crippen LogP contribution in [-0.2, 0) is 26.2 Å². The van der Waals surface area contributed by atoms with Crippen LogP contribution in [0, 0.1) is 19.9 Å². The topological polar surface area (TPSA) is 0 Å². The van der Waals surface area contributed by atoms with E-state index < -0.39 is 0 Å². The Hall–Kier alpha value is 1.16. The number of allylic oxidation sites excluding steroid dienone is 4. The van der Waals surface area contributed by atoms with E-state index in [9.17, 15) is 0 Å². The van der Waals surface area contributed by atoms with Gasteiger partial charge in [-0.05, 0) is 0 Å². The van der Waals surface area contributed by atoms with Crippen molar-refractivity contribution in [3.05, 3.63) is 38.2 Å². The molecule has 1 rings (SSSR count). The average Bonchev–Trinajstić information content (AvgIpc) is 2.63. The van der Waals surface area contributed by atoms with Crippen LogP contribution in [0.15, 0.2) is 18.2 Å². The van der Waals surface area contributed by atoms with Crippen LogP contribution in [0.25, 0.3) is 0 Å². The molecule has 0 bridgehead atoms. The Morgan fingerprint density at radius 3 is 1.47 bits per heavy atom. The van der Waals surface area contributed by atoms with E-state index >= 15 is 0 Å². The summed E-state index contributed by atoms with van der Waals surface area (Å²) in [5, 5.41) is 0. The van der Waals surface area contributed by atoms with Gasteiger partial charge in [0.25, 0.3) is 0 Å². The Balaban J connectivity index is -0.0000000232. The van der Waals surface area contributed by atoms with Crippen molar-refractivity contribution >= 4 is 34.3 Å². The molecule has 1 aliphatic rings. The summed E-state index contributed by atoms with van der Waals surface area (Å²) in [6.07, 6.45) is 12.0. The molecule has 0 saturated carbocycles. The molecule has 0 fully saturated rings. The predicted molar refractivity (Wildman–Crippen MR) is 86.2 cm³/mol. The SMILES string of the molecule is C[SiH]C.Cl.Cl.[C-]1=CC=CC1.[CH2-]CC.[CH2-]CC.[Zr+3]. The summed E-state index contributed by atoms with van der Waals surface area (Å²) < 4.78 is 0. The summed E-state index contributed by atoms with van der Waals surface area (Å²) in [5.41, 5.74) is 0. The molecule has 0 N–H and O–H groups in total. The van der Waals surface area contributed by atoms with Crippen molar-refractivity contribution in [1.82, 2.24) is 0 Å². The van der Waals surface area contributed by atoms with Gasteiger partial charge in [0, 0.05) is 9.52 Å². The van der Waals surface area contributed by atoms with Gasteiger partial charge in [0.05, 0.1) is 0 Å². The molecular weight excluding hydrogens is 346 g/mol. The van der Waals surface area contributed by atoms with Gasteiger partial charge >= 0.3 is 26.2 Å². The standard InChI is InChI=1S/C5H5.2C3H7.C2H7Si.2ClH.Zr/c1-2-4-5-3-1;3*1-3-2;;;/h1-3H,4H2;2*1,3H2,2H3;3H,1-2H3;2*1H;/q3*-1;;;;+3. The summed E-state index contributed by atoms with van der Waals surface area (Å²) in [6, 6.07) is 0. The summed E-state index contributed by atoms with van der Waals surface area (Å²) in [4.78, 5) is 0. The van der Waals surface area contributed by atoms with E-state index in [0.29, 0.717) is 0 Å². The van der Waals surface area contributed by atoms with E-state index in [1.54, 1.807) is 0 Å². The molecule has 0 aromatic carbocycles. The number of halogens is 2. The maximum absolute atomic E-state index is 3.49. The maximum Gasteiger partial charge on any atom is 3.00 e. The molecule has 0 nitrogen and oxygen atoms in total. The summed E-state index contributed by atoms with van der Waals surface area (Å²) in [7, 11) is 0.750. The minimum absolute atomic E-state index is 0. The Morgan fingerprint density at radius 2 is 1.41 bits per heavy atom. The second-order valence-corrected chi connectivity index (χ2v) is 3.74. The van der Waals surface area contributed by atoms with Gasteiger partial charge in [-0.1, -0.05) is 26.9 Å². The van der Waals surface area contributed by atoms with Gasteiger partial charge in [0.1, 0.15) is 0 Å². The molecule has 0 aliphatic heterocycles. The molecule has 0 unspecified atom stereocenters. The number of hydrogen-bond donors (Lipinski definition) is 0. The fraction of sp³-hybridized carbons (Fsp3) is 0.538. The minimum Gasteiger partial charge on any atom is -0.344 e. The van der Waals surface area contributed by atoms with Crippen molar-refractivity contribution < 1.29 is 26.2 Å². The van der Waals surface area contributed by atoms with E-state index in [4.69, 9.17) is 0 Å². The zero-order valence-electron chi connectivity index (χ0n) is 11.7. The van der Waals surface area contributed by atoms with E-state index in [-0.39, 0.29) is 51.0 Å². The second kappa shape index (κ2) is 53.4. The van der Waals surface area contributed by atoms with Crippen molar-refractivity contribution in [3.63, 3.8) is 0 Å². The molecule has 0 aromatic heterocycles. The number of rotatable bonds is 0. The third-order valence-electron chi connectivity index (χ3n) is 0.586. The molecular formula is C13H28Cl2SiZr. The Morgan fingerprint density at radius 1 is 1.12 bits per heavy atom. The van der Waals surface area contributed by atoms with Gasteiger partial charge in [0.2, 0.25) is 0 Å². The van der Waals surface area contributed by atoms with Crippen LogP contribution in [0.4, 0.5) is 0 Å². The maximum atomic E-state index is 3.49. The number of hydrogen-bond acceptors (Lipinski definition) is 0. The van der Waals surface area contributed by atoms with Gasteiger partial charge in [-0.2, -0.15) is 18.9 Å². The normalized spacial score (nSPS) is 8.35. The molecule has 0 spiro atoms. The third kappa shape index (κ3) is 104. The molecule has 2 radical (unpaired) electrons. The molecule has 0 heterocycles. The van der Waals surface area contributed by atoms with Crippen LogP contribution in [0.1, 0.15) is 33.1 Å². The summed E-state index contributed by atoms with van der Waals surface area (Å²) in [6.45, 7) is 15.4. The van der Waals surface area contributed by atoms with Gasteiger partial charge in [-0.15, -0.1) is 31.2 Å². The van der Waals surface area contributed by atoms with Crippen LogP contribution in [0.3, 0.4) is 0 Å². The van der Waals surface area contributed by atoms with Crippen LogP contribution in [-0.4, -0.2) is 9.52 Å². The Kier molecular flexibility index (Phi) is 114. The zero-order valence-corrected chi connectivity index (χ0v) is 16.9. The zero-order chi connectivity index (χ0) is 11.7. The van der Waals surface area contributed by atoms with Crippen molar-refractivity contribution in [2.75, 3.05) is 0 Å². The van der Waals surface area contributed by atoms with Crippen molar-refractivity contribution in [2.45, 2.75) is 46.2 Å². The van der Waals surface area contributed by atoms with Crippen molar-refractivity contribution in [1.29, 1.82) is 0 Å². The van der Waals surface area contributed by atoms with E-state index in [1.807, 2.05) is 26.0 Å². The second-order valence-electron chi connectivity index (χ2n) is 2.58. The molecule has 0 atom stereocenters. The molecule has 0 amide bonds. The average molecular weight is 375 g/mol. The summed E-state index contributed by atoms with van der Waals surface area (Å²) >= 11 is 0. The first kappa shape index (κ1) is 36.2. The molecule has 17 heavy (non-hydrogen) atoms.